The van der Waals surface area contributed by atoms with Gasteiger partial charge in [0.1, 0.15) is 11.8 Å². The van der Waals surface area contributed by atoms with E-state index in [4.69, 9.17) is 33.2 Å². The second-order valence-electron chi connectivity index (χ2n) is 3.73. The van der Waals surface area contributed by atoms with Gasteiger partial charge in [-0.1, -0.05) is 23.2 Å². The molecule has 0 saturated carbocycles. The van der Waals surface area contributed by atoms with Gasteiger partial charge in [0.05, 0.1) is 26.6 Å². The van der Waals surface area contributed by atoms with Crippen molar-refractivity contribution in [2.75, 3.05) is 0 Å². The van der Waals surface area contributed by atoms with E-state index < -0.39 is 4.92 Å². The third-order valence-electron chi connectivity index (χ3n) is 2.41. The van der Waals surface area contributed by atoms with Crippen LogP contribution in [0.3, 0.4) is 0 Å². The Labute approximate surface area is 124 Å². The fraction of sp³-hybridized carbons (Fsp3) is 0. The number of nitro benzene ring substituents is 1. The van der Waals surface area contributed by atoms with Crippen LogP contribution in [0.1, 0.15) is 5.56 Å². The van der Waals surface area contributed by atoms with E-state index >= 15 is 0 Å². The maximum Gasteiger partial charge on any atom is 0.273 e. The number of nitrogens with zero attached hydrogens (tertiary/aromatic N) is 2. The summed E-state index contributed by atoms with van der Waals surface area (Å²) >= 11 is 11.8. The van der Waals surface area contributed by atoms with Gasteiger partial charge in [0.15, 0.2) is 5.75 Å². The van der Waals surface area contributed by atoms with Gasteiger partial charge in [-0.25, -0.2) is 0 Å². The number of nitriles is 1. The zero-order valence-corrected chi connectivity index (χ0v) is 11.4. The first-order valence-corrected chi connectivity index (χ1v) is 6.08. The predicted molar refractivity (Wildman–Crippen MR) is 74.3 cm³/mol. The Bertz CT molecular complexity index is 726. The molecule has 0 amide bonds. The highest BCUT2D eigenvalue weighted by Crippen LogP contribution is 2.34. The number of non-ortho nitro benzene ring substituents is 1. The fourth-order valence-corrected chi connectivity index (χ4v) is 1.83. The standard InChI is InChI=1S/C13H6Cl2N2O3/c14-11-4-2-9(17(18)19)5-13(11)20-10-3-1-8(7-16)12(15)6-10/h1-6H. The van der Waals surface area contributed by atoms with E-state index in [0.29, 0.717) is 11.3 Å². The van der Waals surface area contributed by atoms with Gasteiger partial charge in [0.25, 0.3) is 5.69 Å². The number of nitro groups is 1. The summed E-state index contributed by atoms with van der Waals surface area (Å²) in [6.07, 6.45) is 0. The first-order chi connectivity index (χ1) is 9.51. The summed E-state index contributed by atoms with van der Waals surface area (Å²) in [7, 11) is 0. The average molecular weight is 309 g/mol. The van der Waals surface area contributed by atoms with Crippen LogP contribution in [0.15, 0.2) is 36.4 Å². The number of hydrogen-bond donors (Lipinski definition) is 0. The molecule has 0 saturated heterocycles. The molecule has 0 aliphatic rings. The molecule has 2 aromatic carbocycles. The Morgan fingerprint density at radius 1 is 1.15 bits per heavy atom. The van der Waals surface area contributed by atoms with Gasteiger partial charge >= 0.3 is 0 Å². The highest BCUT2D eigenvalue weighted by atomic mass is 35.5. The van der Waals surface area contributed by atoms with Crippen LogP contribution in [-0.2, 0) is 0 Å². The van der Waals surface area contributed by atoms with Crippen molar-refractivity contribution >= 4 is 28.9 Å². The summed E-state index contributed by atoms with van der Waals surface area (Å²) in [6, 6.07) is 10.2. The number of hydrogen-bond acceptors (Lipinski definition) is 4. The number of ether oxygens (including phenoxy) is 1. The van der Waals surface area contributed by atoms with Crippen molar-refractivity contribution in [3.8, 4) is 17.6 Å². The Morgan fingerprint density at radius 3 is 2.50 bits per heavy atom. The van der Waals surface area contributed by atoms with E-state index in [0.717, 1.165) is 0 Å². The van der Waals surface area contributed by atoms with Gasteiger partial charge in [-0.2, -0.15) is 5.26 Å². The second-order valence-corrected chi connectivity index (χ2v) is 4.54. The van der Waals surface area contributed by atoms with Gasteiger partial charge < -0.3 is 4.74 Å². The molecule has 0 aliphatic heterocycles. The molecule has 5 nitrogen and oxygen atoms in total. The summed E-state index contributed by atoms with van der Waals surface area (Å²) in [5.74, 6) is 0.470. The fourth-order valence-electron chi connectivity index (χ4n) is 1.46. The minimum absolute atomic E-state index is 0.135. The van der Waals surface area contributed by atoms with Gasteiger partial charge in [0, 0.05) is 12.1 Å². The van der Waals surface area contributed by atoms with Crippen molar-refractivity contribution in [2.45, 2.75) is 0 Å². The van der Waals surface area contributed by atoms with E-state index in [2.05, 4.69) is 0 Å². The highest BCUT2D eigenvalue weighted by molar-refractivity contribution is 6.32. The van der Waals surface area contributed by atoms with Gasteiger partial charge in [0.2, 0.25) is 0 Å². The number of rotatable bonds is 3. The molecular weight excluding hydrogens is 303 g/mol. The van der Waals surface area contributed by atoms with Crippen LogP contribution in [-0.4, -0.2) is 4.92 Å². The SMILES string of the molecule is N#Cc1ccc(Oc2cc([N+](=O)[O-])ccc2Cl)cc1Cl. The summed E-state index contributed by atoms with van der Waals surface area (Å²) in [6.45, 7) is 0. The van der Waals surface area contributed by atoms with Crippen LogP contribution in [0, 0.1) is 21.4 Å². The van der Waals surface area contributed by atoms with Crippen molar-refractivity contribution in [2.24, 2.45) is 0 Å². The lowest BCUT2D eigenvalue weighted by molar-refractivity contribution is -0.384. The van der Waals surface area contributed by atoms with Crippen molar-refractivity contribution in [3.05, 3.63) is 62.1 Å². The Hall–Kier alpha value is -2.29. The summed E-state index contributed by atoms with van der Waals surface area (Å²) in [4.78, 5) is 10.2. The van der Waals surface area contributed by atoms with E-state index in [-0.39, 0.29) is 21.5 Å². The molecule has 2 aromatic rings. The Morgan fingerprint density at radius 2 is 1.90 bits per heavy atom. The third kappa shape index (κ3) is 2.99. The molecule has 0 bridgehead atoms. The van der Waals surface area contributed by atoms with Gasteiger partial charge in [-0.05, 0) is 18.2 Å². The predicted octanol–water partition coefficient (Wildman–Crippen LogP) is 4.57. The van der Waals surface area contributed by atoms with Gasteiger partial charge in [-0.3, -0.25) is 10.1 Å². The lowest BCUT2D eigenvalue weighted by Crippen LogP contribution is -1.91. The molecule has 0 aliphatic carbocycles. The quantitative estimate of drug-likeness (QED) is 0.615. The van der Waals surface area contributed by atoms with Crippen LogP contribution >= 0.6 is 23.2 Å². The third-order valence-corrected chi connectivity index (χ3v) is 3.04. The van der Waals surface area contributed by atoms with Crippen LogP contribution in [0.25, 0.3) is 0 Å². The maximum atomic E-state index is 10.7. The van der Waals surface area contributed by atoms with Crippen LogP contribution in [0.5, 0.6) is 11.5 Å². The second kappa shape index (κ2) is 5.78. The first kappa shape index (κ1) is 14.1. The molecule has 0 heterocycles. The number of benzene rings is 2. The molecule has 0 radical (unpaired) electrons. The Balaban J connectivity index is 2.35. The molecule has 20 heavy (non-hydrogen) atoms. The molecule has 0 aromatic heterocycles. The zero-order valence-electron chi connectivity index (χ0n) is 9.84. The lowest BCUT2D eigenvalue weighted by atomic mass is 10.2. The first-order valence-electron chi connectivity index (χ1n) is 5.32. The molecule has 0 unspecified atom stereocenters. The van der Waals surface area contributed by atoms with E-state index in [1.165, 1.54) is 36.4 Å². The normalized spacial score (nSPS) is 9.85. The molecule has 0 spiro atoms. The van der Waals surface area contributed by atoms with Gasteiger partial charge in [-0.15, -0.1) is 0 Å². The average Bonchev–Trinajstić information content (AvgIpc) is 2.41. The number of halogens is 2. The molecule has 100 valence electrons. The molecule has 0 N–H and O–H groups in total. The monoisotopic (exact) mass is 308 g/mol. The molecule has 2 rings (SSSR count). The lowest BCUT2D eigenvalue weighted by Gasteiger charge is -2.08. The highest BCUT2D eigenvalue weighted by Gasteiger charge is 2.12. The molecule has 0 atom stereocenters. The van der Waals surface area contributed by atoms with Crippen molar-refractivity contribution in [3.63, 3.8) is 0 Å². The minimum atomic E-state index is -0.547. The minimum Gasteiger partial charge on any atom is -0.455 e. The largest absolute Gasteiger partial charge is 0.455 e. The smallest absolute Gasteiger partial charge is 0.273 e. The van der Waals surface area contributed by atoms with E-state index in [1.54, 1.807) is 0 Å². The Kier molecular flexibility index (Phi) is 4.08. The summed E-state index contributed by atoms with van der Waals surface area (Å²) < 4.78 is 5.45. The van der Waals surface area contributed by atoms with Crippen LogP contribution in [0.4, 0.5) is 5.69 Å². The molecular formula is C13H6Cl2N2O3. The topological polar surface area (TPSA) is 76.2 Å². The van der Waals surface area contributed by atoms with Crippen LogP contribution < -0.4 is 4.74 Å². The van der Waals surface area contributed by atoms with Crippen molar-refractivity contribution in [1.82, 2.24) is 0 Å². The zero-order chi connectivity index (χ0) is 14.7. The summed E-state index contributed by atoms with van der Waals surface area (Å²) in [5, 5.41) is 19.9. The summed E-state index contributed by atoms with van der Waals surface area (Å²) in [5.41, 5.74) is 0.174. The molecule has 7 heteroatoms. The molecule has 0 fully saturated rings. The van der Waals surface area contributed by atoms with E-state index in [1.807, 2.05) is 6.07 Å². The van der Waals surface area contributed by atoms with Crippen molar-refractivity contribution in [1.29, 1.82) is 5.26 Å². The van der Waals surface area contributed by atoms with Crippen molar-refractivity contribution < 1.29 is 9.66 Å². The van der Waals surface area contributed by atoms with Crippen LogP contribution in [0.2, 0.25) is 10.0 Å². The maximum absolute atomic E-state index is 10.7. The van der Waals surface area contributed by atoms with E-state index in [9.17, 15) is 10.1 Å².